The Morgan fingerprint density at radius 1 is 1.75 bits per heavy atom. The molecule has 1 radical (unpaired) electrons. The minimum Gasteiger partial charge on any atom is -0.394 e. The molecule has 0 aliphatic rings. The predicted octanol–water partition coefficient (Wildman–Crippen LogP) is -1.80. The van der Waals surface area contributed by atoms with Crippen LogP contribution in [0.5, 0.6) is 0 Å². The quantitative estimate of drug-likeness (QED) is 0.351. The third kappa shape index (κ3) is 2.19. The second-order valence-corrected chi connectivity index (χ2v) is 3.00. The van der Waals surface area contributed by atoms with Crippen molar-refractivity contribution in [2.24, 2.45) is 0 Å². The van der Waals surface area contributed by atoms with Crippen molar-refractivity contribution in [2.45, 2.75) is 0 Å². The zero-order valence-electron chi connectivity index (χ0n) is 2.10. The van der Waals surface area contributed by atoms with E-state index in [2.05, 4.69) is 0 Å². The highest BCUT2D eigenvalue weighted by atomic mass is 29.1. The summed E-state index contributed by atoms with van der Waals surface area (Å²) in [7, 11) is -2.18. The Morgan fingerprint density at radius 3 is 2.00 bits per heavy atom. The molecule has 0 saturated carbocycles. The Bertz CT molecular complexity index is 18.0. The summed E-state index contributed by atoms with van der Waals surface area (Å²) in [5.74, 6) is 0. The van der Waals surface area contributed by atoms with Crippen LogP contribution in [0, 0.1) is 0 Å². The van der Waals surface area contributed by atoms with Gasteiger partial charge in [-0.1, -0.05) is 0 Å². The van der Waals surface area contributed by atoms with Crippen LogP contribution in [-0.4, -0.2) is 18.2 Å². The molecule has 0 bridgehead atoms. The van der Waals surface area contributed by atoms with Gasteiger partial charge in [0.15, 0.2) is 0 Å². The van der Waals surface area contributed by atoms with Gasteiger partial charge >= 0.3 is 0 Å². The number of rotatable bonds is 1. The minimum atomic E-state index is -1.30. The fourth-order valence-electron chi connectivity index (χ4n) is 0. The van der Waals surface area contributed by atoms with Gasteiger partial charge in [-0.2, -0.15) is 0 Å². The Labute approximate surface area is 28.5 Å². The molecule has 0 unspecified atom stereocenters. The van der Waals surface area contributed by atoms with Crippen molar-refractivity contribution in [3.8, 4) is 0 Å². The third-order valence-corrected chi connectivity index (χ3v) is 0.612. The number of hydrogen-bond acceptors (Lipinski definition) is 1. The van der Waals surface area contributed by atoms with Crippen molar-refractivity contribution in [3.63, 3.8) is 0 Å². The van der Waals surface area contributed by atoms with Gasteiger partial charge in [0, 0.05) is 0 Å². The molecular weight excluding hydrogens is 88.2 g/mol. The third-order valence-electron chi connectivity index (χ3n) is 0.0680. The number of hydrogen-bond donors (Lipinski definition) is 0. The Hall–Kier alpha value is 0.194. The van der Waals surface area contributed by atoms with E-state index in [9.17, 15) is 0 Å². The summed E-state index contributed by atoms with van der Waals surface area (Å²) in [5, 5.41) is 0. The van der Waals surface area contributed by atoms with Crippen LogP contribution in [0.25, 0.3) is 0 Å². The van der Waals surface area contributed by atoms with Gasteiger partial charge in [-0.15, -0.1) is 0 Å². The SMILES string of the molecule is [O][SiH2][SiH]=O. The molecule has 0 amide bonds. The maximum absolute atomic E-state index is 9.16. The van der Waals surface area contributed by atoms with Gasteiger partial charge in [-0.25, -0.2) is 0 Å². The van der Waals surface area contributed by atoms with E-state index >= 15 is 0 Å². The van der Waals surface area contributed by atoms with Gasteiger partial charge in [0.1, 0.15) is 0 Å². The molecule has 4 heteroatoms. The van der Waals surface area contributed by atoms with Crippen LogP contribution in [0.4, 0.5) is 0 Å². The standard InChI is InChI=1S/H3O2Si2/c1-3-4-2/h3H,4H2. The second-order valence-electron chi connectivity index (χ2n) is 0.333. The summed E-state index contributed by atoms with van der Waals surface area (Å²) in [4.78, 5) is 9.16. The molecule has 0 aromatic rings. The molecular formula is H3O2Si2. The van der Waals surface area contributed by atoms with Gasteiger partial charge in [0.2, 0.25) is 0 Å². The lowest BCUT2D eigenvalue weighted by Crippen LogP contribution is -1.83. The fourth-order valence-corrected chi connectivity index (χ4v) is 0. The van der Waals surface area contributed by atoms with Crippen molar-refractivity contribution >= 4 is 18.2 Å². The van der Waals surface area contributed by atoms with Gasteiger partial charge in [-0.05, 0) is 0 Å². The maximum Gasteiger partial charge on any atom is 0.271 e. The highest BCUT2D eigenvalue weighted by molar-refractivity contribution is 6.88. The summed E-state index contributed by atoms with van der Waals surface area (Å²) < 4.78 is 9.13. The molecule has 0 atom stereocenters. The smallest absolute Gasteiger partial charge is 0.271 e. The molecule has 4 heavy (non-hydrogen) atoms. The van der Waals surface area contributed by atoms with E-state index in [1.807, 2.05) is 0 Å². The topological polar surface area (TPSA) is 37.0 Å². The summed E-state index contributed by atoms with van der Waals surface area (Å²) in [6, 6.07) is 0. The zero-order valence-corrected chi connectivity index (χ0v) is 4.67. The van der Waals surface area contributed by atoms with Crippen LogP contribution < -0.4 is 0 Å². The molecule has 0 heterocycles. The summed E-state index contributed by atoms with van der Waals surface area (Å²) in [6.45, 7) is 0. The summed E-state index contributed by atoms with van der Waals surface area (Å²) >= 11 is 0. The van der Waals surface area contributed by atoms with Crippen molar-refractivity contribution in [1.29, 1.82) is 0 Å². The van der Waals surface area contributed by atoms with Crippen molar-refractivity contribution in [1.82, 2.24) is 0 Å². The average Bonchev–Trinajstić information content (AvgIpc) is 1.37. The fraction of sp³-hybridized carbons (Fsp3) is 0. The molecule has 0 spiro atoms. The summed E-state index contributed by atoms with van der Waals surface area (Å²) in [6.07, 6.45) is 0. The molecule has 0 aromatic heterocycles. The molecule has 0 rings (SSSR count). The highest BCUT2D eigenvalue weighted by Crippen LogP contribution is 1.21. The van der Waals surface area contributed by atoms with Gasteiger partial charge in [-0.3, -0.25) is 0 Å². The molecule has 0 N–H and O–H groups in total. The normalized spacial score (nSPS) is 9.25. The first-order valence-electron chi connectivity index (χ1n) is 0.933. The van der Waals surface area contributed by atoms with E-state index in [4.69, 9.17) is 9.26 Å². The highest BCUT2D eigenvalue weighted by Gasteiger charge is 1.65. The largest absolute Gasteiger partial charge is 0.394 e. The van der Waals surface area contributed by atoms with Crippen LogP contribution >= 0.6 is 0 Å². The van der Waals surface area contributed by atoms with Gasteiger partial charge < -0.3 is 9.26 Å². The molecule has 23 valence electrons. The van der Waals surface area contributed by atoms with Crippen molar-refractivity contribution in [3.05, 3.63) is 0 Å². The molecule has 0 saturated heterocycles. The van der Waals surface area contributed by atoms with Crippen LogP contribution in [0.1, 0.15) is 0 Å². The van der Waals surface area contributed by atoms with Crippen molar-refractivity contribution < 1.29 is 9.26 Å². The molecule has 0 aromatic carbocycles. The van der Waals surface area contributed by atoms with Crippen LogP contribution in [0.2, 0.25) is 0 Å². The van der Waals surface area contributed by atoms with Crippen LogP contribution in [0.15, 0.2) is 0 Å². The summed E-state index contributed by atoms with van der Waals surface area (Å²) in [5.41, 5.74) is 0. The van der Waals surface area contributed by atoms with E-state index in [1.165, 1.54) is 0 Å². The molecule has 0 fully saturated rings. The molecule has 2 nitrogen and oxygen atoms in total. The molecule has 0 aliphatic carbocycles. The predicted molar refractivity (Wildman–Crippen MR) is 17.1 cm³/mol. The first-order valence-corrected chi connectivity index (χ1v) is 5.25. The second kappa shape index (κ2) is 3.19. The average molecular weight is 91.2 g/mol. The Kier molecular flexibility index (Phi) is 3.35. The van der Waals surface area contributed by atoms with Crippen LogP contribution in [-0.2, 0) is 9.26 Å². The van der Waals surface area contributed by atoms with E-state index in [0.29, 0.717) is 0 Å². The lowest BCUT2D eigenvalue weighted by molar-refractivity contribution is 0.483. The van der Waals surface area contributed by atoms with Gasteiger partial charge in [0.25, 0.3) is 18.2 Å². The minimum absolute atomic E-state index is 0.884. The monoisotopic (exact) mass is 91.0 g/mol. The maximum atomic E-state index is 9.16. The Balaban J connectivity index is 2.30. The molecule has 0 aliphatic heterocycles. The van der Waals surface area contributed by atoms with E-state index in [-0.39, 0.29) is 0 Å². The van der Waals surface area contributed by atoms with Crippen LogP contribution in [0.3, 0.4) is 0 Å². The lowest BCUT2D eigenvalue weighted by Gasteiger charge is -1.44. The van der Waals surface area contributed by atoms with Crippen molar-refractivity contribution in [2.75, 3.05) is 0 Å². The van der Waals surface area contributed by atoms with E-state index in [0.717, 1.165) is 0 Å². The van der Waals surface area contributed by atoms with Gasteiger partial charge in [0.05, 0.1) is 0 Å². The zero-order chi connectivity index (χ0) is 3.41. The van der Waals surface area contributed by atoms with E-state index in [1.54, 1.807) is 0 Å². The first kappa shape index (κ1) is 4.19. The Morgan fingerprint density at radius 2 is 2.00 bits per heavy atom. The lowest BCUT2D eigenvalue weighted by atomic mass is 15.9. The van der Waals surface area contributed by atoms with E-state index < -0.39 is 18.2 Å². The first-order chi connectivity index (χ1) is 1.91.